The van der Waals surface area contributed by atoms with E-state index in [1.165, 1.54) is 0 Å². The second-order valence-electron chi connectivity index (χ2n) is 6.99. The lowest BCUT2D eigenvalue weighted by Crippen LogP contribution is -2.08. The number of aromatic nitrogens is 1. The lowest BCUT2D eigenvalue weighted by Gasteiger charge is -2.12. The van der Waals surface area contributed by atoms with Crippen molar-refractivity contribution in [3.8, 4) is 28.8 Å². The number of esters is 1. The average Bonchev–Trinajstić information content (AvgIpc) is 2.86. The molecule has 0 amide bonds. The van der Waals surface area contributed by atoms with E-state index in [1.807, 2.05) is 36.4 Å². The molecule has 4 rings (SSSR count). The second-order valence-corrected chi connectivity index (χ2v) is 6.99. The van der Waals surface area contributed by atoms with Crippen molar-refractivity contribution >= 4 is 16.9 Å². The Morgan fingerprint density at radius 1 is 0.938 bits per heavy atom. The van der Waals surface area contributed by atoms with Gasteiger partial charge in [0.2, 0.25) is 0 Å². The number of benzene rings is 3. The Hall–Kier alpha value is -4.37. The maximum atomic E-state index is 13.1. The van der Waals surface area contributed by atoms with Crippen LogP contribution < -0.4 is 9.47 Å². The quantitative estimate of drug-likeness (QED) is 0.398. The maximum absolute atomic E-state index is 13.1. The van der Waals surface area contributed by atoms with Gasteiger partial charge in [-0.3, -0.25) is 0 Å². The Kier molecular flexibility index (Phi) is 6.00. The molecule has 0 bridgehead atoms. The molecule has 0 aliphatic heterocycles. The van der Waals surface area contributed by atoms with Crippen LogP contribution in [0.25, 0.3) is 22.2 Å². The van der Waals surface area contributed by atoms with Crippen molar-refractivity contribution in [3.05, 3.63) is 89.5 Å². The zero-order valence-corrected chi connectivity index (χ0v) is 17.7. The number of hydrogen-bond acceptors (Lipinski definition) is 6. The van der Waals surface area contributed by atoms with Gasteiger partial charge in [0.15, 0.2) is 11.5 Å². The summed E-state index contributed by atoms with van der Waals surface area (Å²) in [6.07, 6.45) is 0. The molecular formula is C26H20N2O4. The van der Waals surface area contributed by atoms with Gasteiger partial charge in [-0.25, -0.2) is 9.78 Å². The van der Waals surface area contributed by atoms with E-state index in [-0.39, 0.29) is 6.61 Å². The van der Waals surface area contributed by atoms with Gasteiger partial charge in [0, 0.05) is 16.5 Å². The Labute approximate surface area is 185 Å². The molecule has 6 nitrogen and oxygen atoms in total. The number of rotatable bonds is 6. The highest BCUT2D eigenvalue weighted by molar-refractivity contribution is 6.04. The zero-order valence-electron chi connectivity index (χ0n) is 17.7. The average molecular weight is 424 g/mol. The van der Waals surface area contributed by atoms with E-state index in [0.717, 1.165) is 5.56 Å². The van der Waals surface area contributed by atoms with E-state index in [1.54, 1.807) is 50.6 Å². The third-order valence-electron chi connectivity index (χ3n) is 5.11. The summed E-state index contributed by atoms with van der Waals surface area (Å²) < 4.78 is 16.3. The van der Waals surface area contributed by atoms with E-state index >= 15 is 0 Å². The summed E-state index contributed by atoms with van der Waals surface area (Å²) in [5.41, 5.74) is 3.58. The van der Waals surface area contributed by atoms with Crippen LogP contribution in [0, 0.1) is 11.3 Å². The number of fused-ring (bicyclic) bond motifs is 1. The number of para-hydroxylation sites is 1. The van der Waals surface area contributed by atoms with Gasteiger partial charge in [-0.1, -0.05) is 36.4 Å². The normalized spacial score (nSPS) is 10.4. The number of carbonyl (C=O) groups is 1. The fraction of sp³-hybridized carbons (Fsp3) is 0.115. The number of pyridine rings is 1. The van der Waals surface area contributed by atoms with Gasteiger partial charge in [0.1, 0.15) is 6.61 Å². The number of ether oxygens (including phenoxy) is 3. The molecule has 32 heavy (non-hydrogen) atoms. The van der Waals surface area contributed by atoms with Crippen molar-refractivity contribution < 1.29 is 19.0 Å². The highest BCUT2D eigenvalue weighted by atomic mass is 16.5. The van der Waals surface area contributed by atoms with Crippen molar-refractivity contribution in [2.24, 2.45) is 0 Å². The van der Waals surface area contributed by atoms with Crippen molar-refractivity contribution in [1.82, 2.24) is 4.98 Å². The van der Waals surface area contributed by atoms with Gasteiger partial charge in [0.25, 0.3) is 0 Å². The fourth-order valence-corrected chi connectivity index (χ4v) is 3.46. The molecule has 0 unspecified atom stereocenters. The first-order valence-electron chi connectivity index (χ1n) is 9.92. The van der Waals surface area contributed by atoms with Crippen LogP contribution in [0.4, 0.5) is 0 Å². The van der Waals surface area contributed by atoms with Gasteiger partial charge in [-0.15, -0.1) is 0 Å². The molecule has 3 aromatic carbocycles. The molecule has 0 spiro atoms. The minimum absolute atomic E-state index is 0.00487. The molecule has 0 N–H and O–H groups in total. The Balaban J connectivity index is 1.73. The molecule has 0 aliphatic carbocycles. The highest BCUT2D eigenvalue weighted by Crippen LogP contribution is 2.33. The molecule has 0 fully saturated rings. The van der Waals surface area contributed by atoms with Gasteiger partial charge < -0.3 is 14.2 Å². The van der Waals surface area contributed by atoms with Gasteiger partial charge in [-0.2, -0.15) is 5.26 Å². The lowest BCUT2D eigenvalue weighted by atomic mass is 10.0. The molecule has 0 saturated carbocycles. The monoisotopic (exact) mass is 424 g/mol. The van der Waals surface area contributed by atoms with E-state index in [4.69, 9.17) is 19.2 Å². The first-order valence-corrected chi connectivity index (χ1v) is 9.92. The van der Waals surface area contributed by atoms with Crippen LogP contribution in [-0.2, 0) is 11.3 Å². The van der Waals surface area contributed by atoms with Crippen LogP contribution in [0.15, 0.2) is 72.8 Å². The number of carbonyl (C=O) groups excluding carboxylic acids is 1. The summed E-state index contributed by atoms with van der Waals surface area (Å²) in [7, 11) is 3.14. The SMILES string of the molecule is COc1ccc(-c2cc(C(=O)OCc3ccccc3C#N)c3ccccc3n2)cc1OC. The standard InChI is InChI=1S/C26H20N2O4/c1-30-24-12-11-17(13-25(24)31-2)23-14-21(20-9-5-6-10-22(20)28-23)26(29)32-16-19-8-4-3-7-18(19)15-27/h3-14H,16H2,1-2H3. The van der Waals surface area contributed by atoms with Crippen molar-refractivity contribution in [2.75, 3.05) is 14.2 Å². The van der Waals surface area contributed by atoms with Gasteiger partial charge in [0.05, 0.1) is 42.6 Å². The lowest BCUT2D eigenvalue weighted by molar-refractivity contribution is 0.0475. The van der Waals surface area contributed by atoms with Crippen LogP contribution >= 0.6 is 0 Å². The Morgan fingerprint density at radius 3 is 2.47 bits per heavy atom. The summed E-state index contributed by atoms with van der Waals surface area (Å²) in [5, 5.41) is 9.96. The van der Waals surface area contributed by atoms with Crippen LogP contribution in [0.2, 0.25) is 0 Å². The van der Waals surface area contributed by atoms with Crippen molar-refractivity contribution in [2.45, 2.75) is 6.61 Å². The first kappa shape index (κ1) is 20.9. The minimum Gasteiger partial charge on any atom is -0.493 e. The van der Waals surface area contributed by atoms with Gasteiger partial charge in [-0.05, 0) is 36.4 Å². The molecule has 0 saturated heterocycles. The number of methoxy groups -OCH3 is 2. The summed E-state index contributed by atoms with van der Waals surface area (Å²) in [6, 6.07) is 23.7. The van der Waals surface area contributed by atoms with Crippen LogP contribution in [0.3, 0.4) is 0 Å². The van der Waals surface area contributed by atoms with Gasteiger partial charge >= 0.3 is 5.97 Å². The predicted octanol–water partition coefficient (Wildman–Crippen LogP) is 5.15. The summed E-state index contributed by atoms with van der Waals surface area (Å²) >= 11 is 0. The number of hydrogen-bond donors (Lipinski definition) is 0. The third kappa shape index (κ3) is 4.09. The molecular weight excluding hydrogens is 404 g/mol. The smallest absolute Gasteiger partial charge is 0.339 e. The number of nitriles is 1. The molecule has 158 valence electrons. The minimum atomic E-state index is -0.488. The summed E-state index contributed by atoms with van der Waals surface area (Å²) in [6.45, 7) is 0.00487. The summed E-state index contributed by atoms with van der Waals surface area (Å²) in [5.74, 6) is 0.683. The second kappa shape index (κ2) is 9.19. The fourth-order valence-electron chi connectivity index (χ4n) is 3.46. The maximum Gasteiger partial charge on any atom is 0.339 e. The highest BCUT2D eigenvalue weighted by Gasteiger charge is 2.17. The molecule has 0 radical (unpaired) electrons. The zero-order chi connectivity index (χ0) is 22.5. The largest absolute Gasteiger partial charge is 0.493 e. The molecule has 0 atom stereocenters. The third-order valence-corrected chi connectivity index (χ3v) is 5.11. The van der Waals surface area contributed by atoms with Crippen molar-refractivity contribution in [1.29, 1.82) is 5.26 Å². The molecule has 1 aromatic heterocycles. The molecule has 0 aliphatic rings. The number of nitrogens with zero attached hydrogens (tertiary/aromatic N) is 2. The predicted molar refractivity (Wildman–Crippen MR) is 121 cm³/mol. The van der Waals surface area contributed by atoms with Crippen LogP contribution in [0.1, 0.15) is 21.5 Å². The van der Waals surface area contributed by atoms with E-state index < -0.39 is 5.97 Å². The van der Waals surface area contributed by atoms with E-state index in [2.05, 4.69) is 6.07 Å². The van der Waals surface area contributed by atoms with Crippen LogP contribution in [-0.4, -0.2) is 25.2 Å². The first-order chi connectivity index (χ1) is 15.6. The van der Waals surface area contributed by atoms with Crippen molar-refractivity contribution in [3.63, 3.8) is 0 Å². The Morgan fingerprint density at radius 2 is 1.69 bits per heavy atom. The van der Waals surface area contributed by atoms with Crippen LogP contribution in [0.5, 0.6) is 11.5 Å². The molecule has 6 heteroatoms. The Bertz CT molecular complexity index is 1340. The topological polar surface area (TPSA) is 81.4 Å². The summed E-state index contributed by atoms with van der Waals surface area (Å²) in [4.78, 5) is 17.8. The molecule has 4 aromatic rings. The van der Waals surface area contributed by atoms with E-state index in [0.29, 0.717) is 44.8 Å². The van der Waals surface area contributed by atoms with E-state index in [9.17, 15) is 10.1 Å². The molecule has 1 heterocycles.